The summed E-state index contributed by atoms with van der Waals surface area (Å²) in [6.07, 6.45) is 3.68. The van der Waals surface area contributed by atoms with E-state index in [4.69, 9.17) is 0 Å². The number of imidazole rings is 1. The first-order chi connectivity index (χ1) is 6.50. The van der Waals surface area contributed by atoms with Crippen LogP contribution in [0.5, 0.6) is 0 Å². The number of hydrogen-bond acceptors (Lipinski definition) is 2. The third-order valence-corrected chi connectivity index (χ3v) is 2.23. The van der Waals surface area contributed by atoms with Crippen LogP contribution >= 0.6 is 0 Å². The summed E-state index contributed by atoms with van der Waals surface area (Å²) in [5.74, 6) is 0.767. The van der Waals surface area contributed by atoms with Gasteiger partial charge in [-0.3, -0.25) is 4.79 Å². The van der Waals surface area contributed by atoms with Gasteiger partial charge >= 0.3 is 0 Å². The van der Waals surface area contributed by atoms with Gasteiger partial charge in [0.1, 0.15) is 0 Å². The number of ketones is 1. The van der Waals surface area contributed by atoms with Crippen molar-refractivity contribution in [1.29, 1.82) is 0 Å². The number of Topliss-reactive ketones (excluding diaryl/α,β-unsaturated/α-hetero) is 1. The van der Waals surface area contributed by atoms with E-state index in [1.807, 2.05) is 24.6 Å². The highest BCUT2D eigenvalue weighted by Crippen LogP contribution is 2.10. The Morgan fingerprint density at radius 3 is 2.50 bits per heavy atom. The molecule has 0 N–H and O–H groups in total. The van der Waals surface area contributed by atoms with Gasteiger partial charge in [0, 0.05) is 12.1 Å². The van der Waals surface area contributed by atoms with E-state index in [9.17, 15) is 4.79 Å². The van der Waals surface area contributed by atoms with Crippen molar-refractivity contribution in [3.05, 3.63) is 18.2 Å². The summed E-state index contributed by atoms with van der Waals surface area (Å²) in [6.45, 7) is 8.47. The highest BCUT2D eigenvalue weighted by Gasteiger charge is 2.09. The molecule has 0 saturated heterocycles. The quantitative estimate of drug-likeness (QED) is 0.736. The second kappa shape index (κ2) is 4.40. The van der Waals surface area contributed by atoms with Crippen LogP contribution in [0.4, 0.5) is 0 Å². The lowest BCUT2D eigenvalue weighted by Crippen LogP contribution is -2.14. The van der Waals surface area contributed by atoms with Gasteiger partial charge in [-0.15, -0.1) is 0 Å². The first-order valence-corrected chi connectivity index (χ1v) is 5.05. The van der Waals surface area contributed by atoms with Gasteiger partial charge in [0.25, 0.3) is 0 Å². The average Bonchev–Trinajstić information content (AvgIpc) is 2.52. The van der Waals surface area contributed by atoms with Gasteiger partial charge in [-0.05, 0) is 5.92 Å². The number of nitrogens with zero attached hydrogens (tertiary/aromatic N) is 2. The monoisotopic (exact) mass is 194 g/mol. The van der Waals surface area contributed by atoms with Crippen molar-refractivity contribution in [3.63, 3.8) is 0 Å². The van der Waals surface area contributed by atoms with Gasteiger partial charge in [-0.1, -0.05) is 27.7 Å². The Hall–Kier alpha value is -1.12. The zero-order valence-corrected chi connectivity index (χ0v) is 9.32. The van der Waals surface area contributed by atoms with Crippen molar-refractivity contribution in [2.45, 2.75) is 40.2 Å². The number of hydrogen-bond donors (Lipinski definition) is 0. The molecule has 1 aromatic heterocycles. The van der Waals surface area contributed by atoms with Crippen LogP contribution in [0.25, 0.3) is 0 Å². The van der Waals surface area contributed by atoms with Gasteiger partial charge in [-0.2, -0.15) is 0 Å². The third kappa shape index (κ3) is 2.69. The summed E-state index contributed by atoms with van der Waals surface area (Å²) in [7, 11) is 0. The van der Waals surface area contributed by atoms with Crippen LogP contribution in [0.2, 0.25) is 0 Å². The first-order valence-electron chi connectivity index (χ1n) is 5.05. The third-order valence-electron chi connectivity index (χ3n) is 2.23. The van der Waals surface area contributed by atoms with Crippen LogP contribution < -0.4 is 0 Å². The summed E-state index contributed by atoms with van der Waals surface area (Å²) in [5, 5.41) is 0. The second-order valence-electron chi connectivity index (χ2n) is 4.25. The molecule has 0 aliphatic heterocycles. The molecule has 0 atom stereocenters. The molecule has 0 unspecified atom stereocenters. The molecule has 0 aliphatic carbocycles. The van der Waals surface area contributed by atoms with Crippen LogP contribution in [0.15, 0.2) is 12.5 Å². The highest BCUT2D eigenvalue weighted by molar-refractivity contribution is 5.80. The highest BCUT2D eigenvalue weighted by atomic mass is 16.1. The van der Waals surface area contributed by atoms with Gasteiger partial charge in [0.15, 0.2) is 5.78 Å². The summed E-state index contributed by atoms with van der Waals surface area (Å²) in [6, 6.07) is 0. The van der Waals surface area contributed by atoms with Gasteiger partial charge in [0.2, 0.25) is 0 Å². The molecule has 0 radical (unpaired) electrons. The molecule has 0 spiro atoms. The van der Waals surface area contributed by atoms with Crippen molar-refractivity contribution in [2.75, 3.05) is 0 Å². The van der Waals surface area contributed by atoms with E-state index in [2.05, 4.69) is 18.8 Å². The Morgan fingerprint density at radius 1 is 1.43 bits per heavy atom. The average molecular weight is 194 g/mol. The largest absolute Gasteiger partial charge is 0.330 e. The van der Waals surface area contributed by atoms with E-state index in [1.54, 1.807) is 6.33 Å². The minimum Gasteiger partial charge on any atom is -0.330 e. The number of carbonyl (C=O) groups is 1. The zero-order chi connectivity index (χ0) is 10.7. The van der Waals surface area contributed by atoms with E-state index >= 15 is 0 Å². The normalized spacial score (nSPS) is 11.3. The van der Waals surface area contributed by atoms with Crippen LogP contribution in [0.3, 0.4) is 0 Å². The Morgan fingerprint density at radius 2 is 2.07 bits per heavy atom. The van der Waals surface area contributed by atoms with Crippen molar-refractivity contribution < 1.29 is 4.79 Å². The first kappa shape index (κ1) is 11.0. The Balaban J connectivity index is 2.64. The maximum absolute atomic E-state index is 11.4. The van der Waals surface area contributed by atoms with Gasteiger partial charge in [0.05, 0.1) is 18.6 Å². The van der Waals surface area contributed by atoms with E-state index in [1.165, 1.54) is 0 Å². The van der Waals surface area contributed by atoms with Crippen LogP contribution in [-0.4, -0.2) is 15.3 Å². The number of rotatable bonds is 4. The fourth-order valence-corrected chi connectivity index (χ4v) is 1.12. The standard InChI is InChI=1S/C11H18N2O/c1-8(2)10-5-13(7-12-10)6-11(14)9(3)4/h5,7-9H,6H2,1-4H3. The number of carbonyl (C=O) groups excluding carboxylic acids is 1. The maximum atomic E-state index is 11.4. The van der Waals surface area contributed by atoms with E-state index in [0.717, 1.165) is 5.69 Å². The molecule has 0 aliphatic rings. The van der Waals surface area contributed by atoms with Gasteiger partial charge in [-0.25, -0.2) is 4.98 Å². The molecule has 1 aromatic rings. The van der Waals surface area contributed by atoms with Gasteiger partial charge < -0.3 is 4.57 Å². The van der Waals surface area contributed by atoms with Crippen LogP contribution in [0.1, 0.15) is 39.3 Å². The molecule has 0 aromatic carbocycles. The molecule has 3 nitrogen and oxygen atoms in total. The molecule has 1 rings (SSSR count). The lowest BCUT2D eigenvalue weighted by Gasteiger charge is -2.04. The van der Waals surface area contributed by atoms with E-state index in [-0.39, 0.29) is 11.7 Å². The van der Waals surface area contributed by atoms with E-state index in [0.29, 0.717) is 12.5 Å². The van der Waals surface area contributed by atoms with Crippen molar-refractivity contribution >= 4 is 5.78 Å². The maximum Gasteiger partial charge on any atom is 0.155 e. The molecule has 78 valence electrons. The predicted octanol–water partition coefficient (Wildman–Crippen LogP) is 2.23. The Labute approximate surface area is 85.2 Å². The molecule has 14 heavy (non-hydrogen) atoms. The van der Waals surface area contributed by atoms with Crippen LogP contribution in [-0.2, 0) is 11.3 Å². The lowest BCUT2D eigenvalue weighted by molar-refractivity contribution is -0.122. The molecule has 3 heteroatoms. The molecule has 1 heterocycles. The summed E-state index contributed by atoms with van der Waals surface area (Å²) in [4.78, 5) is 15.7. The Kier molecular flexibility index (Phi) is 3.44. The van der Waals surface area contributed by atoms with Crippen molar-refractivity contribution in [2.24, 2.45) is 5.92 Å². The fourth-order valence-electron chi connectivity index (χ4n) is 1.12. The summed E-state index contributed by atoms with van der Waals surface area (Å²) >= 11 is 0. The zero-order valence-electron chi connectivity index (χ0n) is 9.32. The molecule has 0 amide bonds. The summed E-state index contributed by atoms with van der Waals surface area (Å²) < 4.78 is 1.86. The van der Waals surface area contributed by atoms with Crippen LogP contribution in [0, 0.1) is 5.92 Å². The lowest BCUT2D eigenvalue weighted by atomic mass is 10.1. The summed E-state index contributed by atoms with van der Waals surface area (Å²) in [5.41, 5.74) is 1.04. The second-order valence-corrected chi connectivity index (χ2v) is 4.25. The van der Waals surface area contributed by atoms with E-state index < -0.39 is 0 Å². The van der Waals surface area contributed by atoms with Crippen molar-refractivity contribution in [3.8, 4) is 0 Å². The topological polar surface area (TPSA) is 34.9 Å². The fraction of sp³-hybridized carbons (Fsp3) is 0.636. The molecule has 0 saturated carbocycles. The molecular weight excluding hydrogens is 176 g/mol. The minimum absolute atomic E-state index is 0.0971. The van der Waals surface area contributed by atoms with Crippen molar-refractivity contribution in [1.82, 2.24) is 9.55 Å². The molecule has 0 fully saturated rings. The minimum atomic E-state index is 0.0971. The predicted molar refractivity (Wildman–Crippen MR) is 56.2 cm³/mol. The molecule has 0 bridgehead atoms. The number of aromatic nitrogens is 2. The Bertz CT molecular complexity index is 313. The molecular formula is C11H18N2O. The SMILES string of the molecule is CC(C)C(=O)Cn1cnc(C(C)C)c1. The smallest absolute Gasteiger partial charge is 0.155 e.